The summed E-state index contributed by atoms with van der Waals surface area (Å²) < 4.78 is 46.9. The summed E-state index contributed by atoms with van der Waals surface area (Å²) in [5, 5.41) is 7.13. The van der Waals surface area contributed by atoms with E-state index >= 15 is 0 Å². The molecule has 0 radical (unpaired) electrons. The highest BCUT2D eigenvalue weighted by molar-refractivity contribution is 6.25. The molecule has 5 heteroatoms. The molecule has 1 aliphatic carbocycles. The van der Waals surface area contributed by atoms with E-state index in [0.29, 0.717) is 18.4 Å². The molecule has 0 spiro atoms. The van der Waals surface area contributed by atoms with Gasteiger partial charge in [0.05, 0.1) is 12.2 Å². The number of esters is 1. The minimum Gasteiger partial charge on any atom is -0.463 e. The van der Waals surface area contributed by atoms with Gasteiger partial charge < -0.3 is 4.74 Å². The van der Waals surface area contributed by atoms with Gasteiger partial charge in [-0.1, -0.05) is 100 Å². The van der Waals surface area contributed by atoms with Crippen LogP contribution in [0, 0.1) is 0 Å². The van der Waals surface area contributed by atoms with Crippen LogP contribution in [0.3, 0.4) is 0 Å². The van der Waals surface area contributed by atoms with Crippen molar-refractivity contribution in [1.82, 2.24) is 0 Å². The minimum absolute atomic E-state index is 0.0173. The van der Waals surface area contributed by atoms with Crippen LogP contribution in [0.5, 0.6) is 0 Å². The molecule has 0 heterocycles. The molecule has 0 amide bonds. The third kappa shape index (κ3) is 4.91. The number of alkyl halides is 3. The zero-order valence-corrected chi connectivity index (χ0v) is 26.7. The third-order valence-corrected chi connectivity index (χ3v) is 9.87. The van der Waals surface area contributed by atoms with Gasteiger partial charge in [-0.3, -0.25) is 0 Å². The molecule has 0 N–H and O–H groups in total. The van der Waals surface area contributed by atoms with Gasteiger partial charge in [0.25, 0.3) is 0 Å². The summed E-state index contributed by atoms with van der Waals surface area (Å²) in [6.07, 6.45) is -0.520. The lowest BCUT2D eigenvalue weighted by Gasteiger charge is -2.29. The summed E-state index contributed by atoms with van der Waals surface area (Å²) >= 11 is 0. The Kier molecular flexibility index (Phi) is 7.09. The molecule has 2 nitrogen and oxygen atoms in total. The second kappa shape index (κ2) is 10.8. The highest BCUT2D eigenvalue weighted by Gasteiger charge is 2.42. The SMILES string of the molecule is C=CC(=O)OCCCC1(C=C)c2ccc(C(F)(F)F)cc2-c2ccc(-c3ccc4ccc5cc(C(C)(C)C)cc6ccc3c4c56)cc21. The number of ether oxygens (including phenoxy) is 1. The Labute approximate surface area is 272 Å². The minimum atomic E-state index is -4.47. The van der Waals surface area contributed by atoms with Crippen molar-refractivity contribution in [3.8, 4) is 22.3 Å². The molecule has 47 heavy (non-hydrogen) atoms. The number of benzene rings is 6. The number of carbonyl (C=O) groups excluding carboxylic acids is 1. The molecule has 0 fully saturated rings. The first kappa shape index (κ1) is 30.7. The zero-order valence-electron chi connectivity index (χ0n) is 26.7. The number of rotatable bonds is 7. The van der Waals surface area contributed by atoms with Crippen LogP contribution in [-0.4, -0.2) is 12.6 Å². The summed E-state index contributed by atoms with van der Waals surface area (Å²) in [5.41, 5.74) is 4.86. The first-order valence-corrected chi connectivity index (χ1v) is 15.9. The largest absolute Gasteiger partial charge is 0.463 e. The second-order valence-electron chi connectivity index (χ2n) is 13.6. The number of hydrogen-bond acceptors (Lipinski definition) is 2. The molecule has 0 saturated heterocycles. The standard InChI is InChI=1S/C42H35F3O2/c1-6-37(46)47-20-8-19-41(7-2)35-18-14-29(42(43,44)45)24-34(35)32-16-12-26(23-36(32)41)31-15-11-25-9-10-27-21-30(40(3,4)5)22-28-13-17-33(31)39(25)38(27)28/h6-7,9-18,21-24H,1-2,8,19-20H2,3-5H3. The van der Waals surface area contributed by atoms with Crippen LogP contribution in [-0.2, 0) is 26.5 Å². The molecule has 6 aromatic rings. The number of fused-ring (bicyclic) bond motifs is 3. The van der Waals surface area contributed by atoms with E-state index in [1.807, 2.05) is 18.2 Å². The Bertz CT molecular complexity index is 2220. The lowest BCUT2D eigenvalue weighted by molar-refractivity contribution is -0.138. The predicted octanol–water partition coefficient (Wildman–Crippen LogP) is 11.5. The summed E-state index contributed by atoms with van der Waals surface area (Å²) in [4.78, 5) is 11.7. The number of carbonyl (C=O) groups is 1. The summed E-state index contributed by atoms with van der Waals surface area (Å²) in [5.74, 6) is -0.509. The molecule has 6 aromatic carbocycles. The van der Waals surface area contributed by atoms with Crippen molar-refractivity contribution >= 4 is 38.3 Å². The molecule has 0 bridgehead atoms. The van der Waals surface area contributed by atoms with Crippen molar-refractivity contribution in [2.24, 2.45) is 0 Å². The predicted molar refractivity (Wildman–Crippen MR) is 186 cm³/mol. The molecule has 0 saturated carbocycles. The van der Waals surface area contributed by atoms with Crippen molar-refractivity contribution in [1.29, 1.82) is 0 Å². The fourth-order valence-corrected chi connectivity index (χ4v) is 7.47. The van der Waals surface area contributed by atoms with Crippen LogP contribution in [0.4, 0.5) is 13.2 Å². The van der Waals surface area contributed by atoms with Crippen molar-refractivity contribution in [3.63, 3.8) is 0 Å². The number of halogens is 3. The maximum absolute atomic E-state index is 13.9. The molecular formula is C42H35F3O2. The van der Waals surface area contributed by atoms with Gasteiger partial charge >= 0.3 is 12.1 Å². The Balaban J connectivity index is 1.41. The van der Waals surface area contributed by atoms with Crippen molar-refractivity contribution in [3.05, 3.63) is 132 Å². The topological polar surface area (TPSA) is 26.3 Å². The zero-order chi connectivity index (χ0) is 33.3. The maximum Gasteiger partial charge on any atom is 0.416 e. The van der Waals surface area contributed by atoms with E-state index < -0.39 is 23.1 Å². The van der Waals surface area contributed by atoms with Crippen LogP contribution in [0.15, 0.2) is 110 Å². The maximum atomic E-state index is 13.9. The summed E-state index contributed by atoms with van der Waals surface area (Å²) in [6, 6.07) is 27.7. The molecular weight excluding hydrogens is 593 g/mol. The van der Waals surface area contributed by atoms with Crippen LogP contribution in [0.1, 0.15) is 55.9 Å². The van der Waals surface area contributed by atoms with Gasteiger partial charge in [0.15, 0.2) is 0 Å². The fraction of sp³-hybridized carbons (Fsp3) is 0.214. The van der Waals surface area contributed by atoms with Gasteiger partial charge in [-0.05, 0) is 108 Å². The first-order chi connectivity index (χ1) is 22.4. The highest BCUT2D eigenvalue weighted by Crippen LogP contribution is 2.54. The second-order valence-corrected chi connectivity index (χ2v) is 13.6. The first-order valence-electron chi connectivity index (χ1n) is 15.9. The Morgan fingerprint density at radius 2 is 1.43 bits per heavy atom. The van der Waals surface area contributed by atoms with Crippen molar-refractivity contribution in [2.45, 2.75) is 50.6 Å². The van der Waals surface area contributed by atoms with Crippen molar-refractivity contribution < 1.29 is 22.7 Å². The van der Waals surface area contributed by atoms with E-state index in [-0.39, 0.29) is 12.0 Å². The lowest BCUT2D eigenvalue weighted by atomic mass is 9.74. The van der Waals surface area contributed by atoms with Crippen LogP contribution < -0.4 is 0 Å². The van der Waals surface area contributed by atoms with E-state index in [4.69, 9.17) is 4.74 Å². The lowest BCUT2D eigenvalue weighted by Crippen LogP contribution is -2.23. The fourth-order valence-electron chi connectivity index (χ4n) is 7.47. The Morgan fingerprint density at radius 1 is 0.745 bits per heavy atom. The average molecular weight is 629 g/mol. The van der Waals surface area contributed by atoms with E-state index in [2.05, 4.69) is 88.5 Å². The normalized spacial score (nSPS) is 16.0. The van der Waals surface area contributed by atoms with E-state index in [1.54, 1.807) is 6.07 Å². The summed E-state index contributed by atoms with van der Waals surface area (Å²) in [6.45, 7) is 14.5. The van der Waals surface area contributed by atoms with Crippen LogP contribution >= 0.6 is 0 Å². The van der Waals surface area contributed by atoms with Gasteiger partial charge in [-0.15, -0.1) is 6.58 Å². The van der Waals surface area contributed by atoms with Gasteiger partial charge in [-0.2, -0.15) is 13.2 Å². The number of allylic oxidation sites excluding steroid dienone is 1. The Morgan fingerprint density at radius 3 is 2.11 bits per heavy atom. The number of hydrogen-bond donors (Lipinski definition) is 0. The highest BCUT2D eigenvalue weighted by atomic mass is 19.4. The van der Waals surface area contributed by atoms with E-state index in [0.717, 1.165) is 50.7 Å². The molecule has 1 unspecified atom stereocenters. The molecule has 1 aliphatic rings. The molecule has 0 aromatic heterocycles. The van der Waals surface area contributed by atoms with Gasteiger partial charge in [0.1, 0.15) is 0 Å². The van der Waals surface area contributed by atoms with E-state index in [1.165, 1.54) is 33.2 Å². The molecule has 236 valence electrons. The Hall–Kier alpha value is -4.90. The smallest absolute Gasteiger partial charge is 0.416 e. The van der Waals surface area contributed by atoms with Gasteiger partial charge in [0, 0.05) is 11.5 Å². The monoisotopic (exact) mass is 628 g/mol. The van der Waals surface area contributed by atoms with Crippen molar-refractivity contribution in [2.75, 3.05) is 6.61 Å². The van der Waals surface area contributed by atoms with Gasteiger partial charge in [0.2, 0.25) is 0 Å². The quantitative estimate of drug-likeness (QED) is 0.0578. The van der Waals surface area contributed by atoms with Gasteiger partial charge in [-0.25, -0.2) is 4.79 Å². The summed E-state index contributed by atoms with van der Waals surface area (Å²) in [7, 11) is 0. The molecule has 7 rings (SSSR count). The average Bonchev–Trinajstić information content (AvgIpc) is 3.32. The van der Waals surface area contributed by atoms with Crippen LogP contribution in [0.25, 0.3) is 54.6 Å². The molecule has 1 atom stereocenters. The van der Waals surface area contributed by atoms with E-state index in [9.17, 15) is 18.0 Å². The van der Waals surface area contributed by atoms with Crippen LogP contribution in [0.2, 0.25) is 0 Å². The molecule has 0 aliphatic heterocycles. The third-order valence-electron chi connectivity index (χ3n) is 9.87.